The van der Waals surface area contributed by atoms with Gasteiger partial charge in [0.05, 0.1) is 0 Å². The second-order valence-corrected chi connectivity index (χ2v) is 5.69. The van der Waals surface area contributed by atoms with E-state index in [-0.39, 0.29) is 41.1 Å². The van der Waals surface area contributed by atoms with Crippen molar-refractivity contribution in [1.29, 1.82) is 0 Å². The summed E-state index contributed by atoms with van der Waals surface area (Å²) >= 11 is 0. The highest BCUT2D eigenvalue weighted by molar-refractivity contribution is 5.51. The van der Waals surface area contributed by atoms with Gasteiger partial charge < -0.3 is 10.2 Å². The molecule has 0 saturated heterocycles. The third-order valence-electron chi connectivity index (χ3n) is 4.05. The quantitative estimate of drug-likeness (QED) is 0.761. The molecule has 2 nitrogen and oxygen atoms in total. The van der Waals surface area contributed by atoms with E-state index in [1.54, 1.807) is 12.1 Å². The average molecular weight is 292 g/mol. The van der Waals surface area contributed by atoms with Crippen LogP contribution in [0.25, 0.3) is 0 Å². The fraction of sp³-hybridized carbons (Fsp3) is 0.474. The Labute approximate surface area is 136 Å². The van der Waals surface area contributed by atoms with Crippen molar-refractivity contribution < 1.29 is 18.4 Å². The van der Waals surface area contributed by atoms with Crippen molar-refractivity contribution in [2.45, 2.75) is 52.2 Å². The van der Waals surface area contributed by atoms with Crippen LogP contribution in [0.4, 0.5) is 0 Å². The molecule has 0 bridgehead atoms. The molecule has 2 atom stereocenters. The van der Waals surface area contributed by atoms with Gasteiger partial charge in [-0.2, -0.15) is 0 Å². The van der Waals surface area contributed by atoms with Gasteiger partial charge in [0.25, 0.3) is 0 Å². The summed E-state index contributed by atoms with van der Waals surface area (Å²) in [6, 6.07) is 3.09. The Bertz CT molecular complexity index is 723. The topological polar surface area (TPSA) is 40.5 Å². The van der Waals surface area contributed by atoms with Crippen LogP contribution in [0.3, 0.4) is 0 Å². The molecule has 0 saturated carbocycles. The Morgan fingerprint density at radius 3 is 2.67 bits per heavy atom. The monoisotopic (exact) mass is 292 g/mol. The summed E-state index contributed by atoms with van der Waals surface area (Å²) in [5.41, 5.74) is 1.13. The largest absolute Gasteiger partial charge is 0.507 e. The molecule has 2 N–H and O–H groups in total. The molecular weight excluding hydrogens is 260 g/mol. The van der Waals surface area contributed by atoms with E-state index < -0.39 is 25.5 Å². The smallest absolute Gasteiger partial charge is 0.123 e. The first kappa shape index (κ1) is 9.34. The van der Waals surface area contributed by atoms with Crippen LogP contribution in [0.5, 0.6) is 11.5 Å². The molecule has 0 aliphatic heterocycles. The fourth-order valence-corrected chi connectivity index (χ4v) is 3.04. The first-order valence-electron chi connectivity index (χ1n) is 10.3. The van der Waals surface area contributed by atoms with Crippen LogP contribution in [0.1, 0.15) is 65.2 Å². The minimum absolute atomic E-state index is 0.00442. The Hall–Kier alpha value is -1.70. The molecule has 2 unspecified atom stereocenters. The standard InChI is InChI=1S/C19H26O2/c1-5-6-14-10-17(20)19(18(21)11-14)16-9-13(4)7-8-15(16)12(2)3/h9-11,15-16,20-21H,2,5-8H2,1,3-4H3/i3D3,4D3. The van der Waals surface area contributed by atoms with Gasteiger partial charge in [0.2, 0.25) is 0 Å². The molecule has 1 aliphatic rings. The molecule has 0 fully saturated rings. The van der Waals surface area contributed by atoms with Crippen molar-refractivity contribution in [2.75, 3.05) is 0 Å². The second kappa shape index (κ2) is 6.38. The molecule has 1 aliphatic carbocycles. The maximum atomic E-state index is 10.5. The van der Waals surface area contributed by atoms with E-state index in [9.17, 15) is 10.2 Å². The molecule has 1 aromatic rings. The van der Waals surface area contributed by atoms with Crippen LogP contribution < -0.4 is 0 Å². The number of rotatable bonds is 4. The van der Waals surface area contributed by atoms with E-state index in [0.29, 0.717) is 6.42 Å². The lowest BCUT2D eigenvalue weighted by atomic mass is 9.73. The Morgan fingerprint density at radius 1 is 1.38 bits per heavy atom. The van der Waals surface area contributed by atoms with Gasteiger partial charge >= 0.3 is 0 Å². The van der Waals surface area contributed by atoms with Gasteiger partial charge in [0.15, 0.2) is 0 Å². The number of hydrogen-bond acceptors (Lipinski definition) is 2. The van der Waals surface area contributed by atoms with Crippen LogP contribution in [0.2, 0.25) is 0 Å². The van der Waals surface area contributed by atoms with Gasteiger partial charge in [-0.1, -0.05) is 37.1 Å². The molecule has 21 heavy (non-hydrogen) atoms. The zero-order valence-electron chi connectivity index (χ0n) is 18.3. The number of phenols is 2. The number of hydrogen-bond donors (Lipinski definition) is 2. The SMILES string of the molecule is [2H]C([2H])([2H])C(=C)C1CCC(C([2H])([2H])[2H])=CC1c1c(O)cc(CCC)cc1O. The maximum absolute atomic E-state index is 10.5. The van der Waals surface area contributed by atoms with Crippen LogP contribution in [-0.2, 0) is 6.42 Å². The van der Waals surface area contributed by atoms with Crippen molar-refractivity contribution in [2.24, 2.45) is 5.92 Å². The molecule has 0 aromatic heterocycles. The van der Waals surface area contributed by atoms with Crippen molar-refractivity contribution in [3.63, 3.8) is 0 Å². The number of aromatic hydroxyl groups is 2. The lowest BCUT2D eigenvalue weighted by Crippen LogP contribution is -2.17. The minimum atomic E-state index is -2.40. The summed E-state index contributed by atoms with van der Waals surface area (Å²) in [5.74, 6) is -1.68. The van der Waals surface area contributed by atoms with Crippen molar-refractivity contribution >= 4 is 0 Å². The van der Waals surface area contributed by atoms with Gasteiger partial charge in [-0.25, -0.2) is 0 Å². The predicted molar refractivity (Wildman–Crippen MR) is 87.8 cm³/mol. The van der Waals surface area contributed by atoms with Gasteiger partial charge in [0, 0.05) is 19.7 Å². The first-order valence-corrected chi connectivity index (χ1v) is 7.31. The maximum Gasteiger partial charge on any atom is 0.123 e. The van der Waals surface area contributed by atoms with E-state index in [2.05, 4.69) is 6.58 Å². The van der Waals surface area contributed by atoms with Crippen LogP contribution >= 0.6 is 0 Å². The Morgan fingerprint density at radius 2 is 2.10 bits per heavy atom. The number of allylic oxidation sites excluding steroid dienone is 3. The van der Waals surface area contributed by atoms with E-state index in [1.807, 2.05) is 6.92 Å². The molecule has 114 valence electrons. The van der Waals surface area contributed by atoms with Crippen molar-refractivity contribution in [1.82, 2.24) is 0 Å². The Kier molecular flexibility index (Phi) is 2.84. The molecular formula is C19H26O2. The van der Waals surface area contributed by atoms with Gasteiger partial charge in [-0.3, -0.25) is 0 Å². The third kappa shape index (κ3) is 3.31. The summed E-state index contributed by atoms with van der Waals surface area (Å²) < 4.78 is 46.1. The minimum Gasteiger partial charge on any atom is -0.507 e. The summed E-state index contributed by atoms with van der Waals surface area (Å²) in [6.07, 6.45) is 3.49. The van der Waals surface area contributed by atoms with E-state index in [4.69, 9.17) is 8.22 Å². The number of phenolic OH excluding ortho intramolecular Hbond substituents is 2. The fourth-order valence-electron chi connectivity index (χ4n) is 3.04. The lowest BCUT2D eigenvalue weighted by molar-refractivity contribution is 0.406. The van der Waals surface area contributed by atoms with Crippen molar-refractivity contribution in [3.05, 3.63) is 47.1 Å². The lowest BCUT2D eigenvalue weighted by Gasteiger charge is -2.31. The van der Waals surface area contributed by atoms with E-state index >= 15 is 0 Å². The van der Waals surface area contributed by atoms with Crippen LogP contribution in [-0.4, -0.2) is 10.2 Å². The summed E-state index contributed by atoms with van der Waals surface area (Å²) in [4.78, 5) is 0. The van der Waals surface area contributed by atoms with E-state index in [1.165, 1.54) is 6.08 Å². The Balaban J connectivity index is 2.60. The molecule has 0 radical (unpaired) electrons. The molecule has 2 rings (SSSR count). The molecule has 0 heterocycles. The summed E-state index contributed by atoms with van der Waals surface area (Å²) in [6.45, 7) is 0.992. The van der Waals surface area contributed by atoms with Crippen LogP contribution in [0.15, 0.2) is 35.9 Å². The normalized spacial score (nSPS) is 27.4. The van der Waals surface area contributed by atoms with Gasteiger partial charge in [0.1, 0.15) is 11.5 Å². The first-order chi connectivity index (χ1) is 12.4. The van der Waals surface area contributed by atoms with Crippen LogP contribution in [0, 0.1) is 5.92 Å². The molecule has 0 amide bonds. The highest BCUT2D eigenvalue weighted by Crippen LogP contribution is 2.46. The summed E-state index contributed by atoms with van der Waals surface area (Å²) in [7, 11) is 0. The zero-order valence-corrected chi connectivity index (χ0v) is 12.3. The van der Waals surface area contributed by atoms with E-state index in [0.717, 1.165) is 12.0 Å². The predicted octanol–water partition coefficient (Wildman–Crippen LogP) is 5.07. The highest BCUT2D eigenvalue weighted by atomic mass is 16.3. The second-order valence-electron chi connectivity index (χ2n) is 5.69. The molecule has 1 aromatic carbocycles. The highest BCUT2D eigenvalue weighted by Gasteiger charge is 2.29. The molecule has 0 spiro atoms. The number of benzene rings is 1. The number of aryl methyl sites for hydroxylation is 1. The third-order valence-corrected chi connectivity index (χ3v) is 4.05. The molecule has 2 heteroatoms. The van der Waals surface area contributed by atoms with Gasteiger partial charge in [-0.05, 0) is 56.6 Å². The van der Waals surface area contributed by atoms with Gasteiger partial charge in [-0.15, -0.1) is 0 Å². The summed E-state index contributed by atoms with van der Waals surface area (Å²) in [5, 5.41) is 21.1. The zero-order chi connectivity index (χ0) is 20.6. The average Bonchev–Trinajstić information content (AvgIpc) is 2.52. The van der Waals surface area contributed by atoms with Crippen molar-refractivity contribution in [3.8, 4) is 11.5 Å².